The second-order valence-corrected chi connectivity index (χ2v) is 11.8. The van der Waals surface area contributed by atoms with Gasteiger partial charge in [0.15, 0.2) is 11.5 Å². The van der Waals surface area contributed by atoms with E-state index in [4.69, 9.17) is 23.7 Å². The van der Waals surface area contributed by atoms with Gasteiger partial charge in [0.25, 0.3) is 0 Å². The summed E-state index contributed by atoms with van der Waals surface area (Å²) in [5.41, 5.74) is 4.42. The highest BCUT2D eigenvalue weighted by molar-refractivity contribution is 5.71. The van der Waals surface area contributed by atoms with Crippen molar-refractivity contribution < 1.29 is 43.8 Å². The molecule has 5 aromatic rings. The van der Waals surface area contributed by atoms with Gasteiger partial charge in [-0.2, -0.15) is 0 Å². The number of carboxylic acid groups (broad SMARTS) is 1. The van der Waals surface area contributed by atoms with Crippen molar-refractivity contribution in [3.63, 3.8) is 0 Å². The van der Waals surface area contributed by atoms with Gasteiger partial charge >= 0.3 is 6.09 Å². The van der Waals surface area contributed by atoms with Gasteiger partial charge in [0.2, 0.25) is 0 Å². The van der Waals surface area contributed by atoms with Crippen LogP contribution in [0.5, 0.6) is 28.7 Å². The van der Waals surface area contributed by atoms with E-state index in [1.54, 1.807) is 18.2 Å². The minimum atomic E-state index is -1.05. The normalized spacial score (nSPS) is 11.0. The second kappa shape index (κ2) is 20.0. The van der Waals surface area contributed by atoms with E-state index >= 15 is 0 Å². The van der Waals surface area contributed by atoms with Crippen molar-refractivity contribution in [1.29, 1.82) is 0 Å². The first-order chi connectivity index (χ1) is 25.4. The molecule has 10 heteroatoms. The Bertz CT molecular complexity index is 1830. The van der Waals surface area contributed by atoms with Crippen LogP contribution in [0.1, 0.15) is 27.8 Å². The van der Waals surface area contributed by atoms with Gasteiger partial charge in [-0.3, -0.25) is 0 Å². The first kappa shape index (κ1) is 37.3. The molecule has 0 fully saturated rings. The summed E-state index contributed by atoms with van der Waals surface area (Å²) in [5, 5.41) is 29.1. The number of ether oxygens (including phenoxy) is 5. The zero-order chi connectivity index (χ0) is 36.4. The van der Waals surface area contributed by atoms with Crippen molar-refractivity contribution >= 4 is 18.2 Å². The lowest BCUT2D eigenvalue weighted by Gasteiger charge is -2.20. The molecule has 0 saturated heterocycles. The van der Waals surface area contributed by atoms with Gasteiger partial charge in [-0.1, -0.05) is 91.0 Å². The van der Waals surface area contributed by atoms with E-state index in [0.29, 0.717) is 62.5 Å². The molecule has 3 N–H and O–H groups in total. The lowest BCUT2D eigenvalue weighted by molar-refractivity contribution is 0.0291. The average Bonchev–Trinajstić information content (AvgIpc) is 3.15. The van der Waals surface area contributed by atoms with Crippen LogP contribution in [0.15, 0.2) is 121 Å². The average molecular weight is 706 g/mol. The number of benzene rings is 5. The zero-order valence-electron chi connectivity index (χ0n) is 28.8. The second-order valence-electron chi connectivity index (χ2n) is 11.8. The number of hydrogen-bond donors (Lipinski definition) is 3. The lowest BCUT2D eigenvalue weighted by Crippen LogP contribution is -2.32. The van der Waals surface area contributed by atoms with E-state index in [0.717, 1.165) is 22.3 Å². The summed E-state index contributed by atoms with van der Waals surface area (Å²) in [6.45, 7) is 2.67. The summed E-state index contributed by atoms with van der Waals surface area (Å²) < 4.78 is 29.2. The van der Waals surface area contributed by atoms with E-state index in [9.17, 15) is 20.1 Å². The third-order valence-electron chi connectivity index (χ3n) is 7.77. The zero-order valence-corrected chi connectivity index (χ0v) is 28.8. The Morgan fingerprint density at radius 3 is 1.77 bits per heavy atom. The summed E-state index contributed by atoms with van der Waals surface area (Å²) >= 11 is 0. The molecule has 0 heterocycles. The van der Waals surface area contributed by atoms with Crippen LogP contribution in [0.4, 0.5) is 4.79 Å². The molecule has 5 aromatic carbocycles. The van der Waals surface area contributed by atoms with Gasteiger partial charge in [0.1, 0.15) is 37.1 Å². The standard InChI is InChI=1S/C42H43NO9/c44-37-25-35(26-38(45)28-37)12-11-32-13-16-39(17-14-32)50-24-23-49-22-21-48-20-19-43(42(46)47)29-36-15-18-40(51-30-33-7-3-1-4-8-33)41(27-36)52-31-34-9-5-2-6-10-34/h1-18,25-28,44-45H,19-24,29-31H2,(H,46,47)/b12-11+. The van der Waals surface area contributed by atoms with E-state index in [1.165, 1.54) is 11.0 Å². The first-order valence-corrected chi connectivity index (χ1v) is 16.9. The molecule has 0 radical (unpaired) electrons. The fourth-order valence-corrected chi connectivity index (χ4v) is 5.11. The predicted octanol–water partition coefficient (Wildman–Crippen LogP) is 8.02. The van der Waals surface area contributed by atoms with Crippen molar-refractivity contribution in [3.8, 4) is 28.7 Å². The molecule has 0 bridgehead atoms. The third-order valence-corrected chi connectivity index (χ3v) is 7.77. The van der Waals surface area contributed by atoms with E-state index in [2.05, 4.69) is 0 Å². The van der Waals surface area contributed by atoms with E-state index in [1.807, 2.05) is 109 Å². The van der Waals surface area contributed by atoms with Crippen LogP contribution in [0.3, 0.4) is 0 Å². The van der Waals surface area contributed by atoms with Gasteiger partial charge < -0.3 is 43.9 Å². The topological polar surface area (TPSA) is 127 Å². The fourth-order valence-electron chi connectivity index (χ4n) is 5.11. The molecule has 1 amide bonds. The van der Waals surface area contributed by atoms with E-state index < -0.39 is 6.09 Å². The summed E-state index contributed by atoms with van der Waals surface area (Å²) in [6.07, 6.45) is 2.62. The van der Waals surface area contributed by atoms with Gasteiger partial charge in [-0.15, -0.1) is 0 Å². The number of phenolic OH excluding ortho intramolecular Hbond substituents is 2. The maximum Gasteiger partial charge on any atom is 0.407 e. The van der Waals surface area contributed by atoms with Crippen molar-refractivity contribution in [2.75, 3.05) is 39.6 Å². The maximum absolute atomic E-state index is 12.1. The molecule has 52 heavy (non-hydrogen) atoms. The Balaban J connectivity index is 1.01. The lowest BCUT2D eigenvalue weighted by atomic mass is 10.1. The molecule has 0 aromatic heterocycles. The van der Waals surface area contributed by atoms with Gasteiger partial charge in [-0.05, 0) is 64.2 Å². The highest BCUT2D eigenvalue weighted by Gasteiger charge is 2.15. The number of amides is 1. The molecule has 0 unspecified atom stereocenters. The van der Waals surface area contributed by atoms with Crippen LogP contribution in [0.2, 0.25) is 0 Å². The van der Waals surface area contributed by atoms with Crippen LogP contribution in [-0.4, -0.2) is 65.9 Å². The Kier molecular flexibility index (Phi) is 14.4. The predicted molar refractivity (Wildman–Crippen MR) is 199 cm³/mol. The SMILES string of the molecule is O=C(O)N(CCOCCOCCOc1ccc(/C=C/c2cc(O)cc(O)c2)cc1)Cc1ccc(OCc2ccccc2)c(OCc2ccccc2)c1. The number of nitrogens with zero attached hydrogens (tertiary/aromatic N) is 1. The summed E-state index contributed by atoms with van der Waals surface area (Å²) in [4.78, 5) is 13.4. The highest BCUT2D eigenvalue weighted by Crippen LogP contribution is 2.31. The van der Waals surface area contributed by atoms with Crippen LogP contribution >= 0.6 is 0 Å². The van der Waals surface area contributed by atoms with Crippen molar-refractivity contribution in [1.82, 2.24) is 4.90 Å². The number of carbonyl (C=O) groups is 1. The number of aromatic hydroxyl groups is 2. The molecule has 0 aliphatic rings. The van der Waals surface area contributed by atoms with Crippen molar-refractivity contribution in [2.45, 2.75) is 19.8 Å². The Labute approximate surface area is 303 Å². The molecule has 0 aliphatic heterocycles. The maximum atomic E-state index is 12.1. The molecule has 0 aliphatic carbocycles. The molecule has 5 rings (SSSR count). The molecule has 0 atom stereocenters. The minimum Gasteiger partial charge on any atom is -0.508 e. The van der Waals surface area contributed by atoms with Gasteiger partial charge in [0.05, 0.1) is 26.4 Å². The largest absolute Gasteiger partial charge is 0.508 e. The number of rotatable bonds is 20. The van der Waals surface area contributed by atoms with Crippen LogP contribution in [0.25, 0.3) is 12.2 Å². The van der Waals surface area contributed by atoms with Crippen molar-refractivity contribution in [2.24, 2.45) is 0 Å². The van der Waals surface area contributed by atoms with Gasteiger partial charge in [0, 0.05) is 19.2 Å². The Morgan fingerprint density at radius 2 is 1.13 bits per heavy atom. The number of hydrogen-bond acceptors (Lipinski definition) is 8. The van der Waals surface area contributed by atoms with E-state index in [-0.39, 0.29) is 31.2 Å². The Morgan fingerprint density at radius 1 is 0.558 bits per heavy atom. The van der Waals surface area contributed by atoms with Crippen molar-refractivity contribution in [3.05, 3.63) is 149 Å². The van der Waals surface area contributed by atoms with Crippen LogP contribution < -0.4 is 14.2 Å². The summed E-state index contributed by atoms with van der Waals surface area (Å²) in [6, 6.07) is 37.1. The minimum absolute atomic E-state index is 0.00147. The number of phenols is 2. The van der Waals surface area contributed by atoms with Crippen LogP contribution in [-0.2, 0) is 29.2 Å². The first-order valence-electron chi connectivity index (χ1n) is 16.9. The molecular formula is C42H43NO9. The molecule has 10 nitrogen and oxygen atoms in total. The summed E-state index contributed by atoms with van der Waals surface area (Å²) in [5.74, 6) is 1.82. The Hall–Kier alpha value is -5.97. The van der Waals surface area contributed by atoms with Gasteiger partial charge in [-0.25, -0.2) is 4.79 Å². The monoisotopic (exact) mass is 705 g/mol. The molecular weight excluding hydrogens is 662 g/mol. The smallest absolute Gasteiger partial charge is 0.407 e. The van der Waals surface area contributed by atoms with Crippen LogP contribution in [0, 0.1) is 0 Å². The molecule has 0 saturated carbocycles. The molecule has 270 valence electrons. The molecule has 0 spiro atoms. The summed E-state index contributed by atoms with van der Waals surface area (Å²) in [7, 11) is 0. The fraction of sp³-hybridized carbons (Fsp3) is 0.214. The third kappa shape index (κ3) is 12.7. The highest BCUT2D eigenvalue weighted by atomic mass is 16.5. The quantitative estimate of drug-likeness (QED) is 0.0545.